The van der Waals surface area contributed by atoms with Gasteiger partial charge in [0.1, 0.15) is 17.2 Å². The Kier molecular flexibility index (Phi) is 4.40. The topological polar surface area (TPSA) is 73.3 Å². The van der Waals surface area contributed by atoms with Gasteiger partial charge in [0.15, 0.2) is 0 Å². The lowest BCUT2D eigenvalue weighted by Crippen LogP contribution is -2.25. The molecule has 0 spiro atoms. The number of nitrogens with zero attached hydrogens (tertiary/aromatic N) is 1. The summed E-state index contributed by atoms with van der Waals surface area (Å²) in [5.74, 6) is 2.14. The van der Waals surface area contributed by atoms with Crippen molar-refractivity contribution in [2.24, 2.45) is 0 Å². The standard InChI is InChI=1S/C16H23N3O2/c1-11(10-12-6-5-9-20-12)18-14-8-7-13(17)15(19-14)21-16(2,3)4/h5-9,11H,10,17H2,1-4H3,(H,18,19). The quantitative estimate of drug-likeness (QED) is 0.881. The van der Waals surface area contributed by atoms with Crippen molar-refractivity contribution >= 4 is 11.5 Å². The molecule has 5 heteroatoms. The maximum atomic E-state index is 5.91. The predicted molar refractivity (Wildman–Crippen MR) is 84.5 cm³/mol. The van der Waals surface area contributed by atoms with E-state index in [9.17, 15) is 0 Å². The minimum atomic E-state index is -0.334. The van der Waals surface area contributed by atoms with E-state index >= 15 is 0 Å². The molecule has 2 aromatic rings. The highest BCUT2D eigenvalue weighted by molar-refractivity contribution is 5.54. The molecule has 1 atom stereocenters. The van der Waals surface area contributed by atoms with Crippen molar-refractivity contribution in [3.05, 3.63) is 36.3 Å². The smallest absolute Gasteiger partial charge is 0.239 e. The molecule has 3 N–H and O–H groups in total. The van der Waals surface area contributed by atoms with Gasteiger partial charge in [0.2, 0.25) is 5.88 Å². The van der Waals surface area contributed by atoms with Crippen molar-refractivity contribution in [2.75, 3.05) is 11.1 Å². The Balaban J connectivity index is 2.04. The maximum Gasteiger partial charge on any atom is 0.239 e. The second kappa shape index (κ2) is 6.08. The van der Waals surface area contributed by atoms with Crippen LogP contribution in [-0.2, 0) is 6.42 Å². The van der Waals surface area contributed by atoms with Crippen LogP contribution in [-0.4, -0.2) is 16.6 Å². The number of rotatable bonds is 5. The van der Waals surface area contributed by atoms with Gasteiger partial charge in [-0.1, -0.05) is 0 Å². The molecule has 0 saturated carbocycles. The van der Waals surface area contributed by atoms with Crippen LogP contribution >= 0.6 is 0 Å². The fraction of sp³-hybridized carbons (Fsp3) is 0.438. The molecule has 0 bridgehead atoms. The van der Waals surface area contributed by atoms with Gasteiger partial charge in [0.05, 0.1) is 12.0 Å². The third-order valence-electron chi connectivity index (χ3n) is 2.77. The molecule has 2 heterocycles. The number of pyridine rings is 1. The Hall–Kier alpha value is -2.17. The fourth-order valence-corrected chi connectivity index (χ4v) is 1.94. The lowest BCUT2D eigenvalue weighted by Gasteiger charge is -2.22. The van der Waals surface area contributed by atoms with Gasteiger partial charge in [0.25, 0.3) is 0 Å². The van der Waals surface area contributed by atoms with E-state index in [4.69, 9.17) is 14.9 Å². The maximum absolute atomic E-state index is 5.91. The minimum absolute atomic E-state index is 0.190. The number of hydrogen-bond acceptors (Lipinski definition) is 5. The number of aromatic nitrogens is 1. The van der Waals surface area contributed by atoms with E-state index in [0.29, 0.717) is 11.6 Å². The molecule has 0 fully saturated rings. The molecule has 114 valence electrons. The van der Waals surface area contributed by atoms with E-state index < -0.39 is 0 Å². The van der Waals surface area contributed by atoms with Crippen molar-refractivity contribution in [3.63, 3.8) is 0 Å². The van der Waals surface area contributed by atoms with Crippen molar-refractivity contribution in [1.82, 2.24) is 4.98 Å². The summed E-state index contributed by atoms with van der Waals surface area (Å²) in [4.78, 5) is 4.44. The summed E-state index contributed by atoms with van der Waals surface area (Å²) in [5.41, 5.74) is 6.11. The summed E-state index contributed by atoms with van der Waals surface area (Å²) in [7, 11) is 0. The van der Waals surface area contributed by atoms with E-state index in [2.05, 4.69) is 17.2 Å². The molecule has 0 radical (unpaired) electrons. The lowest BCUT2D eigenvalue weighted by atomic mass is 10.2. The van der Waals surface area contributed by atoms with Crippen molar-refractivity contribution in [1.29, 1.82) is 0 Å². The Labute approximate surface area is 125 Å². The number of hydrogen-bond donors (Lipinski definition) is 2. The summed E-state index contributed by atoms with van der Waals surface area (Å²) < 4.78 is 11.1. The van der Waals surface area contributed by atoms with Gasteiger partial charge in [-0.05, 0) is 52.0 Å². The first-order valence-electron chi connectivity index (χ1n) is 7.08. The number of furan rings is 1. The molecule has 2 aromatic heterocycles. The van der Waals surface area contributed by atoms with Crippen LogP contribution in [0.15, 0.2) is 34.9 Å². The van der Waals surface area contributed by atoms with Crippen LogP contribution in [0.1, 0.15) is 33.5 Å². The van der Waals surface area contributed by atoms with Crippen LogP contribution in [0.25, 0.3) is 0 Å². The molecule has 5 nitrogen and oxygen atoms in total. The van der Waals surface area contributed by atoms with Gasteiger partial charge < -0.3 is 20.2 Å². The van der Waals surface area contributed by atoms with Gasteiger partial charge in [-0.25, -0.2) is 0 Å². The predicted octanol–water partition coefficient (Wildman–Crippen LogP) is 3.48. The monoisotopic (exact) mass is 289 g/mol. The second-order valence-electron chi connectivity index (χ2n) is 6.13. The van der Waals surface area contributed by atoms with Crippen LogP contribution in [0.4, 0.5) is 11.5 Å². The van der Waals surface area contributed by atoms with Gasteiger partial charge in [-0.2, -0.15) is 4.98 Å². The van der Waals surface area contributed by atoms with Gasteiger partial charge in [-0.15, -0.1) is 0 Å². The molecule has 1 unspecified atom stereocenters. The lowest BCUT2D eigenvalue weighted by molar-refractivity contribution is 0.125. The zero-order valence-corrected chi connectivity index (χ0v) is 13.0. The average molecular weight is 289 g/mol. The first kappa shape index (κ1) is 15.2. The van der Waals surface area contributed by atoms with Crippen LogP contribution in [0.3, 0.4) is 0 Å². The Bertz CT molecular complexity index is 574. The molecule has 0 aliphatic rings. The SMILES string of the molecule is CC(Cc1ccco1)Nc1ccc(N)c(OC(C)(C)C)n1. The van der Waals surface area contributed by atoms with Gasteiger partial charge in [-0.3, -0.25) is 0 Å². The van der Waals surface area contributed by atoms with Crippen LogP contribution in [0.2, 0.25) is 0 Å². The molecular formula is C16H23N3O2. The molecular weight excluding hydrogens is 266 g/mol. The molecule has 0 aliphatic carbocycles. The number of anilines is 2. The average Bonchev–Trinajstić information content (AvgIpc) is 2.84. The van der Waals surface area contributed by atoms with Crippen LogP contribution in [0, 0.1) is 0 Å². The second-order valence-corrected chi connectivity index (χ2v) is 6.13. The highest BCUT2D eigenvalue weighted by Crippen LogP contribution is 2.25. The number of nitrogens with one attached hydrogen (secondary N) is 1. The van der Waals surface area contributed by atoms with Gasteiger partial charge >= 0.3 is 0 Å². The van der Waals surface area contributed by atoms with Crippen molar-refractivity contribution in [3.8, 4) is 5.88 Å². The summed E-state index contributed by atoms with van der Waals surface area (Å²) in [6.07, 6.45) is 2.47. The van der Waals surface area contributed by atoms with Crippen LogP contribution < -0.4 is 15.8 Å². The summed E-state index contributed by atoms with van der Waals surface area (Å²) >= 11 is 0. The number of nitrogen functional groups attached to an aromatic ring is 1. The van der Waals surface area contributed by atoms with E-state index in [-0.39, 0.29) is 11.6 Å². The van der Waals surface area contributed by atoms with Gasteiger partial charge in [0, 0.05) is 12.5 Å². The molecule has 0 aromatic carbocycles. The molecule has 0 saturated heterocycles. The Morgan fingerprint density at radius 1 is 1.33 bits per heavy atom. The first-order valence-corrected chi connectivity index (χ1v) is 7.08. The third kappa shape index (κ3) is 4.70. The zero-order valence-electron chi connectivity index (χ0n) is 13.0. The normalized spacial score (nSPS) is 13.0. The minimum Gasteiger partial charge on any atom is -0.470 e. The first-order chi connectivity index (χ1) is 9.83. The van der Waals surface area contributed by atoms with E-state index in [0.717, 1.165) is 18.0 Å². The molecule has 21 heavy (non-hydrogen) atoms. The summed E-state index contributed by atoms with van der Waals surface area (Å²) in [5, 5.41) is 3.33. The number of nitrogens with two attached hydrogens (primary N) is 1. The largest absolute Gasteiger partial charge is 0.470 e. The van der Waals surface area contributed by atoms with Crippen LogP contribution in [0.5, 0.6) is 5.88 Å². The fourth-order valence-electron chi connectivity index (χ4n) is 1.94. The van der Waals surface area contributed by atoms with Crippen molar-refractivity contribution in [2.45, 2.75) is 45.8 Å². The van der Waals surface area contributed by atoms with E-state index in [1.54, 1.807) is 12.3 Å². The van der Waals surface area contributed by atoms with E-state index in [1.807, 2.05) is 39.0 Å². The summed E-state index contributed by atoms with van der Waals surface area (Å²) in [6, 6.07) is 7.69. The number of ether oxygens (including phenoxy) is 1. The third-order valence-corrected chi connectivity index (χ3v) is 2.77. The van der Waals surface area contributed by atoms with Crippen molar-refractivity contribution < 1.29 is 9.15 Å². The Morgan fingerprint density at radius 2 is 2.10 bits per heavy atom. The Morgan fingerprint density at radius 3 is 2.71 bits per heavy atom. The molecule has 0 amide bonds. The summed E-state index contributed by atoms with van der Waals surface area (Å²) in [6.45, 7) is 7.97. The highest BCUT2D eigenvalue weighted by Gasteiger charge is 2.16. The molecule has 2 rings (SSSR count). The highest BCUT2D eigenvalue weighted by atomic mass is 16.5. The van der Waals surface area contributed by atoms with E-state index in [1.165, 1.54) is 0 Å². The zero-order chi connectivity index (χ0) is 15.5. The molecule has 0 aliphatic heterocycles.